The fraction of sp³-hybridized carbons (Fsp3) is 0.562. The zero-order chi connectivity index (χ0) is 17.3. The maximum Gasteiger partial charge on any atom is 0.321 e. The lowest BCUT2D eigenvalue weighted by Crippen LogP contribution is -2.52. The maximum atomic E-state index is 13.2. The Morgan fingerprint density at radius 3 is 2.54 bits per heavy atom. The molecule has 2 aliphatic heterocycles. The van der Waals surface area contributed by atoms with Crippen molar-refractivity contribution in [3.8, 4) is 0 Å². The Morgan fingerprint density at radius 1 is 1.17 bits per heavy atom. The van der Waals surface area contributed by atoms with Crippen molar-refractivity contribution >= 4 is 11.7 Å². The van der Waals surface area contributed by atoms with E-state index < -0.39 is 23.8 Å². The van der Waals surface area contributed by atoms with Gasteiger partial charge < -0.3 is 20.2 Å². The van der Waals surface area contributed by atoms with Crippen molar-refractivity contribution in [3.05, 3.63) is 29.8 Å². The molecule has 0 saturated carbocycles. The topological polar surface area (TPSA) is 59.0 Å². The minimum atomic E-state index is -1.01. The lowest BCUT2D eigenvalue weighted by molar-refractivity contribution is 0.0512. The van der Waals surface area contributed by atoms with Gasteiger partial charge in [-0.15, -0.1) is 0 Å². The number of nitrogens with zero attached hydrogens (tertiary/aromatic N) is 3. The molecule has 8 heteroatoms. The molecule has 1 aromatic rings. The number of likely N-dealkylation sites (tertiary alicyclic amines) is 1. The van der Waals surface area contributed by atoms with Crippen molar-refractivity contribution in [2.45, 2.75) is 12.1 Å². The summed E-state index contributed by atoms with van der Waals surface area (Å²) in [5.41, 5.74) is 0.191. The summed E-state index contributed by atoms with van der Waals surface area (Å²) in [5.74, 6) is -1.97. The third-order valence-corrected chi connectivity index (χ3v) is 4.72. The van der Waals surface area contributed by atoms with Gasteiger partial charge in [0.2, 0.25) is 0 Å². The number of hydrogen-bond acceptors (Lipinski definition) is 4. The molecule has 0 aliphatic carbocycles. The summed E-state index contributed by atoms with van der Waals surface area (Å²) in [4.78, 5) is 18.2. The lowest BCUT2D eigenvalue weighted by atomic mass is 10.1. The fourth-order valence-electron chi connectivity index (χ4n) is 3.22. The molecule has 0 aromatic heterocycles. The quantitative estimate of drug-likeness (QED) is 0.836. The Balaban J connectivity index is 1.59. The highest BCUT2D eigenvalue weighted by molar-refractivity contribution is 5.89. The molecule has 2 amide bonds. The number of piperazine rings is 1. The molecule has 6 nitrogen and oxygen atoms in total. The number of nitrogens with one attached hydrogen (secondary N) is 1. The van der Waals surface area contributed by atoms with Gasteiger partial charge in [0.05, 0.1) is 18.7 Å². The number of aliphatic hydroxyl groups is 1. The zero-order valence-electron chi connectivity index (χ0n) is 13.6. The average Bonchev–Trinajstić information content (AvgIpc) is 2.94. The van der Waals surface area contributed by atoms with Gasteiger partial charge in [-0.25, -0.2) is 13.6 Å². The molecule has 2 heterocycles. The molecule has 2 fully saturated rings. The molecule has 2 atom stereocenters. The number of likely N-dealkylation sites (N-methyl/N-ethyl adjacent to an activating group) is 1. The van der Waals surface area contributed by atoms with Gasteiger partial charge in [-0.3, -0.25) is 4.90 Å². The van der Waals surface area contributed by atoms with Gasteiger partial charge in [-0.05, 0) is 19.2 Å². The van der Waals surface area contributed by atoms with Gasteiger partial charge in [0.15, 0.2) is 11.6 Å². The van der Waals surface area contributed by atoms with Crippen molar-refractivity contribution in [2.24, 2.45) is 0 Å². The number of hydrogen-bond donors (Lipinski definition) is 2. The van der Waals surface area contributed by atoms with Crippen LogP contribution in [0.2, 0.25) is 0 Å². The maximum absolute atomic E-state index is 13.2. The largest absolute Gasteiger partial charge is 0.390 e. The second-order valence-corrected chi connectivity index (χ2v) is 6.44. The van der Waals surface area contributed by atoms with Crippen LogP contribution in [0.5, 0.6) is 0 Å². The number of carbonyl (C=O) groups excluding carboxylic acids is 1. The molecule has 2 saturated heterocycles. The van der Waals surface area contributed by atoms with Gasteiger partial charge in [-0.2, -0.15) is 0 Å². The molecule has 3 rings (SSSR count). The first-order valence-corrected chi connectivity index (χ1v) is 8.05. The number of aliphatic hydroxyl groups excluding tert-OH is 1. The Bertz CT molecular complexity index is 608. The highest BCUT2D eigenvalue weighted by atomic mass is 19.2. The van der Waals surface area contributed by atoms with E-state index >= 15 is 0 Å². The number of halogens is 2. The molecule has 1 aromatic carbocycles. The summed E-state index contributed by atoms with van der Waals surface area (Å²) in [5, 5.41) is 12.8. The van der Waals surface area contributed by atoms with Crippen LogP contribution in [0.3, 0.4) is 0 Å². The SMILES string of the molecule is CN1CCN(C2CN(C(=O)Nc3ccc(F)c(F)c3)CC2O)CC1. The second-order valence-electron chi connectivity index (χ2n) is 6.44. The smallest absolute Gasteiger partial charge is 0.321 e. The summed E-state index contributed by atoms with van der Waals surface area (Å²) >= 11 is 0. The van der Waals surface area contributed by atoms with Crippen LogP contribution in [0.1, 0.15) is 0 Å². The number of rotatable bonds is 2. The van der Waals surface area contributed by atoms with Crippen molar-refractivity contribution in [1.82, 2.24) is 14.7 Å². The first-order chi connectivity index (χ1) is 11.4. The molecule has 132 valence electrons. The minimum absolute atomic E-state index is 0.0885. The zero-order valence-corrected chi connectivity index (χ0v) is 13.6. The molecule has 0 radical (unpaired) electrons. The van der Waals surface area contributed by atoms with Crippen LogP contribution in [0, 0.1) is 11.6 Å². The number of benzene rings is 1. The van der Waals surface area contributed by atoms with Crippen molar-refractivity contribution < 1.29 is 18.7 Å². The Labute approximate surface area is 139 Å². The summed E-state index contributed by atoms with van der Waals surface area (Å²) in [7, 11) is 2.06. The molecule has 0 spiro atoms. The molecule has 2 N–H and O–H groups in total. The van der Waals surface area contributed by atoms with Gasteiger partial charge in [0.25, 0.3) is 0 Å². The van der Waals surface area contributed by atoms with E-state index in [1.165, 1.54) is 11.0 Å². The van der Waals surface area contributed by atoms with Crippen LogP contribution in [0.25, 0.3) is 0 Å². The third-order valence-electron chi connectivity index (χ3n) is 4.72. The number of β-amino-alcohol motifs (C(OH)–C–C–N with tert-alkyl or cyclic N) is 1. The molecule has 2 aliphatic rings. The number of urea groups is 1. The average molecular weight is 340 g/mol. The Kier molecular flexibility index (Phi) is 4.98. The van der Waals surface area contributed by atoms with Crippen LogP contribution in [0.15, 0.2) is 18.2 Å². The lowest BCUT2D eigenvalue weighted by Gasteiger charge is -2.37. The molecular weight excluding hydrogens is 318 g/mol. The Morgan fingerprint density at radius 2 is 1.88 bits per heavy atom. The first-order valence-electron chi connectivity index (χ1n) is 8.05. The third kappa shape index (κ3) is 3.66. The molecule has 24 heavy (non-hydrogen) atoms. The standard InChI is InChI=1S/C16H22F2N4O2/c1-20-4-6-21(7-5-20)14-9-22(10-15(14)23)16(24)19-11-2-3-12(17)13(18)8-11/h2-3,8,14-15,23H,4-7,9-10H2,1H3,(H,19,24). The Hall–Kier alpha value is -1.77. The summed E-state index contributed by atoms with van der Waals surface area (Å²) in [6, 6.07) is 2.71. The van der Waals surface area contributed by atoms with Crippen molar-refractivity contribution in [1.29, 1.82) is 0 Å². The summed E-state index contributed by atoms with van der Waals surface area (Å²) in [6.45, 7) is 4.23. The van der Waals surface area contributed by atoms with E-state index in [-0.39, 0.29) is 18.3 Å². The van der Waals surface area contributed by atoms with E-state index in [9.17, 15) is 18.7 Å². The van der Waals surface area contributed by atoms with E-state index in [1.54, 1.807) is 0 Å². The van der Waals surface area contributed by atoms with Gasteiger partial charge in [0, 0.05) is 44.5 Å². The number of carbonyl (C=O) groups is 1. The van der Waals surface area contributed by atoms with Gasteiger partial charge >= 0.3 is 6.03 Å². The van der Waals surface area contributed by atoms with Crippen molar-refractivity contribution in [2.75, 3.05) is 51.6 Å². The van der Waals surface area contributed by atoms with E-state index in [1.807, 2.05) is 0 Å². The predicted molar refractivity (Wildman–Crippen MR) is 85.8 cm³/mol. The van der Waals surface area contributed by atoms with Crippen LogP contribution in [-0.4, -0.2) is 84.3 Å². The molecule has 2 unspecified atom stereocenters. The van der Waals surface area contributed by atoms with E-state index in [2.05, 4.69) is 22.2 Å². The first kappa shape index (κ1) is 17.1. The second kappa shape index (κ2) is 7.00. The van der Waals surface area contributed by atoms with Gasteiger partial charge in [0.1, 0.15) is 0 Å². The predicted octanol–water partition coefficient (Wildman–Crippen LogP) is 0.789. The normalized spacial score (nSPS) is 25.9. The van der Waals surface area contributed by atoms with Crippen LogP contribution < -0.4 is 5.32 Å². The molecular formula is C16H22F2N4O2. The van der Waals surface area contributed by atoms with Crippen LogP contribution in [0.4, 0.5) is 19.3 Å². The summed E-state index contributed by atoms with van der Waals surface area (Å²) in [6.07, 6.45) is -0.607. The van der Waals surface area contributed by atoms with Crippen LogP contribution >= 0.6 is 0 Å². The number of anilines is 1. The van der Waals surface area contributed by atoms with E-state index in [0.29, 0.717) is 6.54 Å². The van der Waals surface area contributed by atoms with E-state index in [4.69, 9.17) is 0 Å². The van der Waals surface area contributed by atoms with Gasteiger partial charge in [-0.1, -0.05) is 0 Å². The van der Waals surface area contributed by atoms with Crippen LogP contribution in [-0.2, 0) is 0 Å². The minimum Gasteiger partial charge on any atom is -0.390 e. The number of amides is 2. The monoisotopic (exact) mass is 340 g/mol. The summed E-state index contributed by atoms with van der Waals surface area (Å²) < 4.78 is 26.1. The fourth-order valence-corrected chi connectivity index (χ4v) is 3.22. The van der Waals surface area contributed by atoms with E-state index in [0.717, 1.165) is 38.3 Å². The highest BCUT2D eigenvalue weighted by Crippen LogP contribution is 2.20. The van der Waals surface area contributed by atoms with Crippen molar-refractivity contribution in [3.63, 3.8) is 0 Å². The highest BCUT2D eigenvalue weighted by Gasteiger charge is 2.38. The molecule has 0 bridgehead atoms.